The molecule has 2 rings (SSSR count). The number of non-ortho nitro benzene ring substituents is 1. The zero-order chi connectivity index (χ0) is 20.5. The lowest BCUT2D eigenvalue weighted by Gasteiger charge is -2.22. The van der Waals surface area contributed by atoms with Gasteiger partial charge in [0.25, 0.3) is 5.69 Å². The number of aromatic nitrogens is 1. The first-order valence-corrected chi connectivity index (χ1v) is 8.70. The molecule has 2 atom stereocenters. The van der Waals surface area contributed by atoms with E-state index in [9.17, 15) is 19.7 Å². The molecular formula is C19H21N3O6. The van der Waals surface area contributed by atoms with Gasteiger partial charge in [0.05, 0.1) is 10.6 Å². The molecular weight excluding hydrogens is 366 g/mol. The van der Waals surface area contributed by atoms with Gasteiger partial charge in [-0.05, 0) is 30.2 Å². The summed E-state index contributed by atoms with van der Waals surface area (Å²) in [6.07, 6.45) is 1.43. The van der Waals surface area contributed by atoms with Crippen LogP contribution in [0.2, 0.25) is 0 Å². The van der Waals surface area contributed by atoms with Crippen LogP contribution < -0.4 is 10.1 Å². The van der Waals surface area contributed by atoms with Crippen LogP contribution in [-0.2, 0) is 16.1 Å². The Morgan fingerprint density at radius 3 is 2.50 bits per heavy atom. The van der Waals surface area contributed by atoms with Crippen LogP contribution in [-0.4, -0.2) is 28.0 Å². The van der Waals surface area contributed by atoms with E-state index in [1.54, 1.807) is 31.3 Å². The van der Waals surface area contributed by atoms with Gasteiger partial charge in [-0.2, -0.15) is 0 Å². The summed E-state index contributed by atoms with van der Waals surface area (Å²) in [5.41, 5.74) is 0.459. The summed E-state index contributed by atoms with van der Waals surface area (Å²) in [5, 5.41) is 13.2. The fourth-order valence-corrected chi connectivity index (χ4v) is 2.28. The SMILES string of the molecule is CCC(C)C(NC(=O)OCc1ccccn1)C(=O)Oc1ccc([N+](=O)[O-])cc1. The van der Waals surface area contributed by atoms with E-state index in [0.717, 1.165) is 0 Å². The molecule has 28 heavy (non-hydrogen) atoms. The van der Waals surface area contributed by atoms with Gasteiger partial charge in [-0.25, -0.2) is 9.59 Å². The summed E-state index contributed by atoms with van der Waals surface area (Å²) >= 11 is 0. The van der Waals surface area contributed by atoms with Gasteiger partial charge < -0.3 is 14.8 Å². The Bertz CT molecular complexity index is 810. The fourth-order valence-electron chi connectivity index (χ4n) is 2.28. The molecule has 0 aliphatic carbocycles. The van der Waals surface area contributed by atoms with E-state index < -0.39 is 23.0 Å². The van der Waals surface area contributed by atoms with Gasteiger partial charge in [-0.3, -0.25) is 15.1 Å². The third-order valence-corrected chi connectivity index (χ3v) is 4.08. The second-order valence-corrected chi connectivity index (χ2v) is 6.08. The number of hydrogen-bond donors (Lipinski definition) is 1. The first kappa shape index (κ1) is 20.8. The summed E-state index contributed by atoms with van der Waals surface area (Å²) in [6, 6.07) is 9.40. The quantitative estimate of drug-likeness (QED) is 0.319. The minimum Gasteiger partial charge on any atom is -0.443 e. The number of carbonyl (C=O) groups excluding carboxylic acids is 2. The summed E-state index contributed by atoms with van der Waals surface area (Å²) in [6.45, 7) is 3.63. The Hall–Kier alpha value is -3.49. The third kappa shape index (κ3) is 6.04. The van der Waals surface area contributed by atoms with E-state index in [1.807, 2.05) is 6.92 Å². The normalized spacial score (nSPS) is 12.5. The van der Waals surface area contributed by atoms with Crippen molar-refractivity contribution in [2.45, 2.75) is 32.9 Å². The van der Waals surface area contributed by atoms with Gasteiger partial charge in [0.2, 0.25) is 0 Å². The third-order valence-electron chi connectivity index (χ3n) is 4.08. The van der Waals surface area contributed by atoms with E-state index >= 15 is 0 Å². The predicted molar refractivity (Wildman–Crippen MR) is 99.5 cm³/mol. The van der Waals surface area contributed by atoms with Gasteiger partial charge in [-0.15, -0.1) is 0 Å². The lowest BCUT2D eigenvalue weighted by molar-refractivity contribution is -0.384. The molecule has 1 amide bonds. The number of benzene rings is 1. The number of esters is 1. The van der Waals surface area contributed by atoms with E-state index in [1.165, 1.54) is 24.3 Å². The lowest BCUT2D eigenvalue weighted by atomic mass is 9.99. The van der Waals surface area contributed by atoms with Crippen LogP contribution in [0.3, 0.4) is 0 Å². The van der Waals surface area contributed by atoms with E-state index in [2.05, 4.69) is 10.3 Å². The number of hydrogen-bond acceptors (Lipinski definition) is 7. The predicted octanol–water partition coefficient (Wildman–Crippen LogP) is 3.24. The summed E-state index contributed by atoms with van der Waals surface area (Å²) in [4.78, 5) is 38.8. The van der Waals surface area contributed by atoms with Crippen molar-refractivity contribution in [3.05, 3.63) is 64.5 Å². The largest absolute Gasteiger partial charge is 0.443 e. The Balaban J connectivity index is 1.98. The van der Waals surface area contributed by atoms with Gasteiger partial charge in [0.1, 0.15) is 18.4 Å². The fraction of sp³-hybridized carbons (Fsp3) is 0.316. The minimum atomic E-state index is -0.934. The highest BCUT2D eigenvalue weighted by atomic mass is 16.6. The summed E-state index contributed by atoms with van der Waals surface area (Å²) < 4.78 is 10.4. The van der Waals surface area contributed by atoms with E-state index in [4.69, 9.17) is 9.47 Å². The Morgan fingerprint density at radius 1 is 1.21 bits per heavy atom. The highest BCUT2D eigenvalue weighted by Gasteiger charge is 2.28. The Kier molecular flexibility index (Phi) is 7.44. The zero-order valence-electron chi connectivity index (χ0n) is 15.5. The van der Waals surface area contributed by atoms with Gasteiger partial charge >= 0.3 is 12.1 Å². The van der Waals surface area contributed by atoms with Crippen molar-refractivity contribution >= 4 is 17.7 Å². The molecule has 1 N–H and O–H groups in total. The van der Waals surface area contributed by atoms with Crippen molar-refractivity contribution < 1.29 is 24.0 Å². The maximum Gasteiger partial charge on any atom is 0.408 e. The molecule has 148 valence electrons. The highest BCUT2D eigenvalue weighted by Crippen LogP contribution is 2.19. The van der Waals surface area contributed by atoms with E-state index in [0.29, 0.717) is 12.1 Å². The number of nitro groups is 1. The van der Waals surface area contributed by atoms with Crippen LogP contribution in [0.4, 0.5) is 10.5 Å². The van der Waals surface area contributed by atoms with E-state index in [-0.39, 0.29) is 24.0 Å². The molecule has 0 spiro atoms. The Morgan fingerprint density at radius 2 is 1.93 bits per heavy atom. The maximum atomic E-state index is 12.5. The smallest absolute Gasteiger partial charge is 0.408 e. The number of nitrogens with zero attached hydrogens (tertiary/aromatic N) is 2. The van der Waals surface area contributed by atoms with Crippen molar-refractivity contribution in [3.63, 3.8) is 0 Å². The van der Waals surface area contributed by atoms with Crippen molar-refractivity contribution in [2.75, 3.05) is 0 Å². The second kappa shape index (κ2) is 10.0. The molecule has 1 aromatic heterocycles. The molecule has 9 heteroatoms. The molecule has 1 aromatic carbocycles. The number of amides is 1. The summed E-state index contributed by atoms with van der Waals surface area (Å²) in [5.74, 6) is -0.751. The molecule has 9 nitrogen and oxygen atoms in total. The number of pyridine rings is 1. The topological polar surface area (TPSA) is 121 Å². The number of alkyl carbamates (subject to hydrolysis) is 1. The molecule has 0 saturated carbocycles. The number of nitrogens with one attached hydrogen (secondary N) is 1. The van der Waals surface area contributed by atoms with Crippen LogP contribution in [0.25, 0.3) is 0 Å². The van der Waals surface area contributed by atoms with Crippen molar-refractivity contribution in [1.29, 1.82) is 0 Å². The van der Waals surface area contributed by atoms with Gasteiger partial charge in [0, 0.05) is 18.3 Å². The average molecular weight is 387 g/mol. The molecule has 2 unspecified atom stereocenters. The van der Waals surface area contributed by atoms with Gasteiger partial charge in [-0.1, -0.05) is 26.3 Å². The summed E-state index contributed by atoms with van der Waals surface area (Å²) in [7, 11) is 0. The van der Waals surface area contributed by atoms with Gasteiger partial charge in [0.15, 0.2) is 0 Å². The average Bonchev–Trinajstić information content (AvgIpc) is 2.71. The Labute approximate surface area is 161 Å². The second-order valence-electron chi connectivity index (χ2n) is 6.08. The van der Waals surface area contributed by atoms with Crippen LogP contribution in [0.5, 0.6) is 5.75 Å². The first-order chi connectivity index (χ1) is 13.4. The van der Waals surface area contributed by atoms with Crippen molar-refractivity contribution in [1.82, 2.24) is 10.3 Å². The molecule has 0 aliphatic heterocycles. The van der Waals surface area contributed by atoms with Crippen molar-refractivity contribution in [2.24, 2.45) is 5.92 Å². The van der Waals surface area contributed by atoms with Crippen LogP contribution >= 0.6 is 0 Å². The number of nitro benzene ring substituents is 1. The van der Waals surface area contributed by atoms with Crippen LogP contribution in [0.1, 0.15) is 26.0 Å². The van der Waals surface area contributed by atoms with Crippen molar-refractivity contribution in [3.8, 4) is 5.75 Å². The maximum absolute atomic E-state index is 12.5. The number of ether oxygens (including phenoxy) is 2. The molecule has 2 aromatic rings. The molecule has 0 saturated heterocycles. The van der Waals surface area contributed by atoms with Crippen LogP contribution in [0, 0.1) is 16.0 Å². The standard InChI is InChI=1S/C19H21N3O6/c1-3-13(2)17(21-19(24)27-12-14-6-4-5-11-20-14)18(23)28-16-9-7-15(8-10-16)22(25)26/h4-11,13,17H,3,12H2,1-2H3,(H,21,24). The van der Waals surface area contributed by atoms with Crippen LogP contribution in [0.15, 0.2) is 48.7 Å². The number of rotatable bonds is 8. The molecule has 0 fully saturated rings. The molecule has 1 heterocycles. The number of carbonyl (C=O) groups is 2. The highest BCUT2D eigenvalue weighted by molar-refractivity contribution is 5.83. The first-order valence-electron chi connectivity index (χ1n) is 8.70. The lowest BCUT2D eigenvalue weighted by Crippen LogP contribution is -2.47. The monoisotopic (exact) mass is 387 g/mol. The minimum absolute atomic E-state index is 0.0305. The zero-order valence-corrected chi connectivity index (χ0v) is 15.5. The molecule has 0 bridgehead atoms. The molecule has 0 radical (unpaired) electrons. The molecule has 0 aliphatic rings.